The van der Waals surface area contributed by atoms with Crippen molar-refractivity contribution in [3.8, 4) is 0 Å². The lowest BCUT2D eigenvalue weighted by Crippen LogP contribution is -2.31. The second kappa shape index (κ2) is 7.90. The molecule has 0 amide bonds. The first kappa shape index (κ1) is 17.1. The Kier molecular flexibility index (Phi) is 5.40. The summed E-state index contributed by atoms with van der Waals surface area (Å²) in [7, 11) is 0. The zero-order valence-electron chi connectivity index (χ0n) is 13.9. The lowest BCUT2D eigenvalue weighted by Gasteiger charge is -2.05. The molecule has 0 aliphatic carbocycles. The molecule has 128 valence electrons. The Morgan fingerprint density at radius 1 is 1.20 bits per heavy atom. The Bertz CT molecular complexity index is 899. The second-order valence-electron chi connectivity index (χ2n) is 5.59. The summed E-state index contributed by atoms with van der Waals surface area (Å²) >= 11 is 5.10. The molecule has 0 spiro atoms. The van der Waals surface area contributed by atoms with Crippen LogP contribution >= 0.6 is 12.2 Å². The van der Waals surface area contributed by atoms with Gasteiger partial charge in [0.15, 0.2) is 5.11 Å². The predicted molar refractivity (Wildman–Crippen MR) is 104 cm³/mol. The number of benzene rings is 2. The third-order valence-electron chi connectivity index (χ3n) is 3.79. The molecule has 0 radical (unpaired) electrons. The molecule has 0 fully saturated rings. The SMILES string of the molecule is CCNC(=S)N/N=C/c1cn(Cc2ccc(F)cc2)c2ccccc12. The maximum absolute atomic E-state index is 13.1. The largest absolute Gasteiger partial charge is 0.362 e. The summed E-state index contributed by atoms with van der Waals surface area (Å²) in [4.78, 5) is 0. The highest BCUT2D eigenvalue weighted by Gasteiger charge is 2.07. The van der Waals surface area contributed by atoms with Crippen molar-refractivity contribution in [2.75, 3.05) is 6.54 Å². The summed E-state index contributed by atoms with van der Waals surface area (Å²) in [6.07, 6.45) is 3.79. The standard InChI is InChI=1S/C19H19FN4S/c1-2-21-19(25)23-22-11-15-13-24(18-6-4-3-5-17(15)18)12-14-7-9-16(20)10-8-14/h3-11,13H,2,12H2,1H3,(H2,21,23,25)/b22-11+. The number of hydrogen-bond donors (Lipinski definition) is 2. The van der Waals surface area contributed by atoms with E-state index in [-0.39, 0.29) is 5.82 Å². The lowest BCUT2D eigenvalue weighted by molar-refractivity contribution is 0.626. The molecule has 6 heteroatoms. The van der Waals surface area contributed by atoms with Gasteiger partial charge in [0.25, 0.3) is 0 Å². The summed E-state index contributed by atoms with van der Waals surface area (Å²) < 4.78 is 15.2. The molecule has 1 heterocycles. The number of nitrogens with one attached hydrogen (secondary N) is 2. The number of aromatic nitrogens is 1. The molecule has 2 N–H and O–H groups in total. The van der Waals surface area contributed by atoms with Gasteiger partial charge in [-0.05, 0) is 42.9 Å². The van der Waals surface area contributed by atoms with E-state index in [1.54, 1.807) is 18.3 Å². The van der Waals surface area contributed by atoms with E-state index in [1.807, 2.05) is 25.3 Å². The fourth-order valence-corrected chi connectivity index (χ4v) is 2.85. The first-order chi connectivity index (χ1) is 12.2. The van der Waals surface area contributed by atoms with Gasteiger partial charge in [0.2, 0.25) is 0 Å². The molecule has 2 aromatic carbocycles. The monoisotopic (exact) mass is 354 g/mol. The fraction of sp³-hybridized carbons (Fsp3) is 0.158. The zero-order chi connectivity index (χ0) is 17.6. The molecule has 0 saturated heterocycles. The van der Waals surface area contributed by atoms with Gasteiger partial charge in [0.05, 0.1) is 6.21 Å². The summed E-state index contributed by atoms with van der Waals surface area (Å²) in [6.45, 7) is 3.39. The minimum absolute atomic E-state index is 0.225. The topological polar surface area (TPSA) is 41.4 Å². The predicted octanol–water partition coefficient (Wildman–Crippen LogP) is 3.65. The van der Waals surface area contributed by atoms with E-state index in [2.05, 4.69) is 32.5 Å². The van der Waals surface area contributed by atoms with Crippen LogP contribution in [0.1, 0.15) is 18.1 Å². The van der Waals surface area contributed by atoms with Crippen LogP contribution in [0, 0.1) is 5.82 Å². The van der Waals surface area contributed by atoms with Crippen LogP contribution < -0.4 is 10.7 Å². The van der Waals surface area contributed by atoms with Crippen LogP contribution in [-0.2, 0) is 6.54 Å². The molecule has 0 unspecified atom stereocenters. The van der Waals surface area contributed by atoms with E-state index < -0.39 is 0 Å². The molecule has 25 heavy (non-hydrogen) atoms. The van der Waals surface area contributed by atoms with E-state index in [9.17, 15) is 4.39 Å². The van der Waals surface area contributed by atoms with Crippen molar-refractivity contribution >= 4 is 34.4 Å². The molecule has 0 atom stereocenters. The molecule has 1 aromatic heterocycles. The van der Waals surface area contributed by atoms with Gasteiger partial charge in [-0.1, -0.05) is 30.3 Å². The summed E-state index contributed by atoms with van der Waals surface area (Å²) in [5.41, 5.74) is 5.93. The number of rotatable bonds is 5. The maximum atomic E-state index is 13.1. The van der Waals surface area contributed by atoms with Gasteiger partial charge in [0.1, 0.15) is 5.82 Å². The van der Waals surface area contributed by atoms with Crippen LogP contribution in [0.15, 0.2) is 59.8 Å². The molecule has 4 nitrogen and oxygen atoms in total. The molecular weight excluding hydrogens is 335 g/mol. The molecular formula is C19H19FN4S. The first-order valence-corrected chi connectivity index (χ1v) is 8.47. The van der Waals surface area contributed by atoms with Crippen molar-refractivity contribution in [3.05, 3.63) is 71.7 Å². The summed E-state index contributed by atoms with van der Waals surface area (Å²) in [5, 5.41) is 8.78. The quantitative estimate of drug-likeness (QED) is 0.417. The number of fused-ring (bicyclic) bond motifs is 1. The van der Waals surface area contributed by atoms with Crippen LogP contribution in [0.25, 0.3) is 10.9 Å². The van der Waals surface area contributed by atoms with Crippen molar-refractivity contribution in [3.63, 3.8) is 0 Å². The van der Waals surface area contributed by atoms with E-state index in [1.165, 1.54) is 12.1 Å². The second-order valence-corrected chi connectivity index (χ2v) is 5.99. The van der Waals surface area contributed by atoms with Gasteiger partial charge in [-0.25, -0.2) is 4.39 Å². The van der Waals surface area contributed by atoms with Crippen LogP contribution in [0.5, 0.6) is 0 Å². The van der Waals surface area contributed by atoms with Gasteiger partial charge in [-0.3, -0.25) is 5.43 Å². The van der Waals surface area contributed by atoms with Crippen molar-refractivity contribution < 1.29 is 4.39 Å². The van der Waals surface area contributed by atoms with Crippen LogP contribution in [0.3, 0.4) is 0 Å². The minimum atomic E-state index is -0.225. The number of nitrogens with zero attached hydrogens (tertiary/aromatic N) is 2. The molecule has 3 rings (SSSR count). The van der Waals surface area contributed by atoms with Gasteiger partial charge in [-0.2, -0.15) is 5.10 Å². The number of para-hydroxylation sites is 1. The average Bonchev–Trinajstić information content (AvgIpc) is 2.95. The smallest absolute Gasteiger partial charge is 0.186 e. The van der Waals surface area contributed by atoms with Crippen molar-refractivity contribution in [1.29, 1.82) is 0 Å². The van der Waals surface area contributed by atoms with E-state index >= 15 is 0 Å². The molecule has 0 aliphatic rings. The van der Waals surface area contributed by atoms with Gasteiger partial charge in [-0.15, -0.1) is 0 Å². The highest BCUT2D eigenvalue weighted by atomic mass is 32.1. The van der Waals surface area contributed by atoms with E-state index in [0.717, 1.165) is 28.6 Å². The van der Waals surface area contributed by atoms with Gasteiger partial charge >= 0.3 is 0 Å². The number of thiocarbonyl (C=S) groups is 1. The Labute approximate surface area is 151 Å². The zero-order valence-corrected chi connectivity index (χ0v) is 14.7. The van der Waals surface area contributed by atoms with Crippen molar-refractivity contribution in [2.24, 2.45) is 5.10 Å². The summed E-state index contributed by atoms with van der Waals surface area (Å²) in [5.74, 6) is -0.225. The Hall–Kier alpha value is -2.73. The number of hydrogen-bond acceptors (Lipinski definition) is 2. The highest BCUT2D eigenvalue weighted by Crippen LogP contribution is 2.21. The van der Waals surface area contributed by atoms with Crippen LogP contribution in [-0.4, -0.2) is 22.4 Å². The van der Waals surface area contributed by atoms with Gasteiger partial charge in [0, 0.05) is 35.8 Å². The fourth-order valence-electron chi connectivity index (χ4n) is 2.66. The van der Waals surface area contributed by atoms with Crippen molar-refractivity contribution in [1.82, 2.24) is 15.3 Å². The van der Waals surface area contributed by atoms with Crippen LogP contribution in [0.2, 0.25) is 0 Å². The molecule has 0 bridgehead atoms. The molecule has 3 aromatic rings. The highest BCUT2D eigenvalue weighted by molar-refractivity contribution is 7.80. The Morgan fingerprint density at radius 3 is 2.72 bits per heavy atom. The Balaban J connectivity index is 1.86. The number of hydrazone groups is 1. The third-order valence-corrected chi connectivity index (χ3v) is 4.03. The lowest BCUT2D eigenvalue weighted by atomic mass is 10.2. The van der Waals surface area contributed by atoms with Gasteiger partial charge < -0.3 is 9.88 Å². The average molecular weight is 354 g/mol. The van der Waals surface area contributed by atoms with E-state index in [0.29, 0.717) is 11.7 Å². The van der Waals surface area contributed by atoms with Crippen LogP contribution in [0.4, 0.5) is 4.39 Å². The van der Waals surface area contributed by atoms with E-state index in [4.69, 9.17) is 12.2 Å². The summed E-state index contributed by atoms with van der Waals surface area (Å²) in [6, 6.07) is 14.7. The first-order valence-electron chi connectivity index (χ1n) is 8.06. The Morgan fingerprint density at radius 2 is 1.96 bits per heavy atom. The minimum Gasteiger partial charge on any atom is -0.362 e. The number of halogens is 1. The maximum Gasteiger partial charge on any atom is 0.186 e. The molecule has 0 aliphatic heterocycles. The normalized spacial score (nSPS) is 11.1. The molecule has 0 saturated carbocycles. The third kappa shape index (κ3) is 4.22. The van der Waals surface area contributed by atoms with Crippen molar-refractivity contribution in [2.45, 2.75) is 13.5 Å².